The Hall–Kier alpha value is -2.84. The van der Waals surface area contributed by atoms with Gasteiger partial charge in [-0.3, -0.25) is 15.6 Å². The van der Waals surface area contributed by atoms with Crippen LogP contribution in [-0.2, 0) is 0 Å². The van der Waals surface area contributed by atoms with Gasteiger partial charge in [-0.25, -0.2) is 9.97 Å². The van der Waals surface area contributed by atoms with E-state index in [1.54, 1.807) is 24.3 Å². The number of benzene rings is 2. The van der Waals surface area contributed by atoms with Crippen molar-refractivity contribution in [3.63, 3.8) is 0 Å². The predicted molar refractivity (Wildman–Crippen MR) is 106 cm³/mol. The minimum atomic E-state index is -0.368. The minimum absolute atomic E-state index is 0.266. The highest BCUT2D eigenvalue weighted by atomic mass is 79.9. The van der Waals surface area contributed by atoms with Crippen molar-refractivity contribution in [2.24, 2.45) is 0 Å². The van der Waals surface area contributed by atoms with Crippen LogP contribution in [0.25, 0.3) is 0 Å². The maximum Gasteiger partial charge on any atom is 0.269 e. The number of anilines is 4. The average molecular weight is 434 g/mol. The van der Waals surface area contributed by atoms with E-state index in [0.29, 0.717) is 16.4 Å². The zero-order valence-electron chi connectivity index (χ0n) is 13.3. The molecule has 7 nitrogen and oxygen atoms in total. The molecule has 132 valence electrons. The summed E-state index contributed by atoms with van der Waals surface area (Å²) in [4.78, 5) is 20.3. The summed E-state index contributed by atoms with van der Waals surface area (Å²) >= 11 is 9.26. The number of nitrogens with one attached hydrogen (secondary N) is 3. The Morgan fingerprint density at radius 1 is 1.08 bits per heavy atom. The van der Waals surface area contributed by atoms with Gasteiger partial charge in [-0.05, 0) is 42.5 Å². The first-order valence-electron chi connectivity index (χ1n) is 7.48. The monoisotopic (exact) mass is 432 g/mol. The number of carbonyl (C=O) groups is 1. The van der Waals surface area contributed by atoms with Crippen LogP contribution in [0.4, 0.5) is 23.0 Å². The number of nitrogens with zero attached hydrogens (tertiary/aromatic N) is 2. The van der Waals surface area contributed by atoms with E-state index >= 15 is 0 Å². The van der Waals surface area contributed by atoms with Crippen LogP contribution >= 0.6 is 27.5 Å². The van der Waals surface area contributed by atoms with Crippen molar-refractivity contribution < 1.29 is 4.79 Å². The van der Waals surface area contributed by atoms with E-state index in [4.69, 9.17) is 17.3 Å². The highest BCUT2D eigenvalue weighted by molar-refractivity contribution is 9.10. The molecule has 5 N–H and O–H groups in total. The van der Waals surface area contributed by atoms with Gasteiger partial charge in [-0.15, -0.1) is 0 Å². The number of hydrogen-bond donors (Lipinski definition) is 4. The van der Waals surface area contributed by atoms with Gasteiger partial charge < -0.3 is 11.1 Å². The molecular formula is C17H14BrClN6O. The molecule has 0 atom stereocenters. The Morgan fingerprint density at radius 2 is 1.81 bits per heavy atom. The quantitative estimate of drug-likeness (QED) is 0.454. The molecule has 0 saturated carbocycles. The first-order valence-corrected chi connectivity index (χ1v) is 8.65. The SMILES string of the molecule is Nc1c(NNC(=O)c2cccc(Cl)c2)ncnc1Nc1ccc(Br)cc1. The number of halogens is 2. The van der Waals surface area contributed by atoms with Gasteiger partial charge in [0.2, 0.25) is 0 Å². The molecule has 9 heteroatoms. The zero-order valence-corrected chi connectivity index (χ0v) is 15.7. The maximum atomic E-state index is 12.2. The standard InChI is InChI=1S/C17H14BrClN6O/c18-11-4-6-13(7-5-11)23-15-14(20)16(22-9-21-15)24-25-17(26)10-2-1-3-12(19)8-10/h1-9H,20H2,(H,25,26)(H2,21,22,23,24). The number of aromatic nitrogens is 2. The van der Waals surface area contributed by atoms with E-state index in [9.17, 15) is 4.79 Å². The number of nitrogens with two attached hydrogens (primary N) is 1. The molecule has 3 aromatic rings. The molecule has 1 amide bonds. The summed E-state index contributed by atoms with van der Waals surface area (Å²) in [7, 11) is 0. The Bertz CT molecular complexity index is 935. The van der Waals surface area contributed by atoms with Crippen molar-refractivity contribution in [2.45, 2.75) is 0 Å². The maximum absolute atomic E-state index is 12.2. The number of amides is 1. The Kier molecular flexibility index (Phi) is 5.55. The molecule has 0 spiro atoms. The molecule has 1 heterocycles. The summed E-state index contributed by atoms with van der Waals surface area (Å²) in [5.41, 5.74) is 12.8. The van der Waals surface area contributed by atoms with Gasteiger partial charge in [0.25, 0.3) is 5.91 Å². The summed E-state index contributed by atoms with van der Waals surface area (Å²) in [6.07, 6.45) is 1.34. The van der Waals surface area contributed by atoms with Crippen LogP contribution in [0.3, 0.4) is 0 Å². The van der Waals surface area contributed by atoms with Crippen molar-refractivity contribution in [1.82, 2.24) is 15.4 Å². The molecule has 0 aliphatic rings. The first kappa shape index (κ1) is 18.0. The van der Waals surface area contributed by atoms with Crippen LogP contribution in [0.15, 0.2) is 59.3 Å². The second-order valence-electron chi connectivity index (χ2n) is 5.21. The second-order valence-corrected chi connectivity index (χ2v) is 6.56. The number of carbonyl (C=O) groups excluding carboxylic acids is 1. The van der Waals surface area contributed by atoms with Crippen LogP contribution in [-0.4, -0.2) is 15.9 Å². The van der Waals surface area contributed by atoms with Crippen LogP contribution in [0, 0.1) is 0 Å². The van der Waals surface area contributed by atoms with E-state index in [0.717, 1.165) is 10.2 Å². The normalized spacial score (nSPS) is 10.2. The fourth-order valence-electron chi connectivity index (χ4n) is 2.08. The van der Waals surface area contributed by atoms with Gasteiger partial charge in [0, 0.05) is 20.7 Å². The van der Waals surface area contributed by atoms with Gasteiger partial charge >= 0.3 is 0 Å². The molecule has 3 rings (SSSR count). The van der Waals surface area contributed by atoms with Crippen LogP contribution in [0.1, 0.15) is 10.4 Å². The smallest absolute Gasteiger partial charge is 0.269 e. The molecule has 0 aliphatic carbocycles. The lowest BCUT2D eigenvalue weighted by atomic mass is 10.2. The third kappa shape index (κ3) is 4.41. The molecule has 0 radical (unpaired) electrons. The Labute approximate surface area is 163 Å². The van der Waals surface area contributed by atoms with E-state index in [1.165, 1.54) is 6.33 Å². The predicted octanol–water partition coefficient (Wildman–Crippen LogP) is 3.98. The molecule has 0 aliphatic heterocycles. The summed E-state index contributed by atoms with van der Waals surface area (Å²) in [6, 6.07) is 14.1. The van der Waals surface area contributed by atoms with E-state index < -0.39 is 0 Å². The zero-order chi connectivity index (χ0) is 18.5. The number of hydrazine groups is 1. The van der Waals surface area contributed by atoms with E-state index in [-0.39, 0.29) is 17.4 Å². The van der Waals surface area contributed by atoms with Gasteiger partial charge in [-0.2, -0.15) is 0 Å². The molecular weight excluding hydrogens is 420 g/mol. The Balaban J connectivity index is 1.70. The van der Waals surface area contributed by atoms with Crippen LogP contribution in [0.2, 0.25) is 5.02 Å². The van der Waals surface area contributed by atoms with Crippen molar-refractivity contribution >= 4 is 56.4 Å². The number of rotatable bonds is 5. The van der Waals surface area contributed by atoms with E-state index in [1.807, 2.05) is 24.3 Å². The molecule has 0 bridgehead atoms. The molecule has 0 saturated heterocycles. The lowest BCUT2D eigenvalue weighted by molar-refractivity contribution is 0.0962. The highest BCUT2D eigenvalue weighted by Crippen LogP contribution is 2.26. The molecule has 2 aromatic carbocycles. The summed E-state index contributed by atoms with van der Waals surface area (Å²) < 4.78 is 0.963. The molecule has 0 fully saturated rings. The summed E-state index contributed by atoms with van der Waals surface area (Å²) in [6.45, 7) is 0. The van der Waals surface area contributed by atoms with Crippen molar-refractivity contribution in [2.75, 3.05) is 16.5 Å². The van der Waals surface area contributed by atoms with Crippen molar-refractivity contribution in [3.05, 3.63) is 69.9 Å². The lowest BCUT2D eigenvalue weighted by Crippen LogP contribution is -2.30. The minimum Gasteiger partial charge on any atom is -0.393 e. The summed E-state index contributed by atoms with van der Waals surface area (Å²) in [5, 5.41) is 3.57. The van der Waals surface area contributed by atoms with E-state index in [2.05, 4.69) is 42.1 Å². The van der Waals surface area contributed by atoms with Gasteiger partial charge in [0.05, 0.1) is 0 Å². The number of hydrogen-bond acceptors (Lipinski definition) is 6. The van der Waals surface area contributed by atoms with Gasteiger partial charge in [0.15, 0.2) is 11.6 Å². The number of nitrogen functional groups attached to an aromatic ring is 1. The highest BCUT2D eigenvalue weighted by Gasteiger charge is 2.11. The molecule has 26 heavy (non-hydrogen) atoms. The van der Waals surface area contributed by atoms with Crippen LogP contribution in [0.5, 0.6) is 0 Å². The topological polar surface area (TPSA) is 105 Å². The second kappa shape index (κ2) is 8.03. The first-order chi connectivity index (χ1) is 12.5. The van der Waals surface area contributed by atoms with Gasteiger partial charge in [0.1, 0.15) is 12.0 Å². The summed E-state index contributed by atoms with van der Waals surface area (Å²) in [5.74, 6) is 0.324. The lowest BCUT2D eigenvalue weighted by Gasteiger charge is -2.13. The average Bonchev–Trinajstić information content (AvgIpc) is 2.64. The third-order valence-corrected chi connectivity index (χ3v) is 4.14. The van der Waals surface area contributed by atoms with Crippen molar-refractivity contribution in [3.8, 4) is 0 Å². The fourth-order valence-corrected chi connectivity index (χ4v) is 2.54. The molecule has 1 aromatic heterocycles. The molecule has 0 unspecified atom stereocenters. The Morgan fingerprint density at radius 3 is 2.54 bits per heavy atom. The largest absolute Gasteiger partial charge is 0.393 e. The third-order valence-electron chi connectivity index (χ3n) is 3.37. The van der Waals surface area contributed by atoms with Crippen molar-refractivity contribution in [1.29, 1.82) is 0 Å². The fraction of sp³-hybridized carbons (Fsp3) is 0. The van der Waals surface area contributed by atoms with Crippen LogP contribution < -0.4 is 21.9 Å². The van der Waals surface area contributed by atoms with Gasteiger partial charge in [-0.1, -0.05) is 33.6 Å².